The van der Waals surface area contributed by atoms with E-state index in [2.05, 4.69) is 11.3 Å². The number of sulfonamides is 1. The van der Waals surface area contributed by atoms with E-state index in [0.717, 1.165) is 11.3 Å². The molecule has 0 aliphatic carbocycles. The Morgan fingerprint density at radius 1 is 1.50 bits per heavy atom. The minimum absolute atomic E-state index is 0.0665. The van der Waals surface area contributed by atoms with Crippen molar-refractivity contribution in [2.24, 2.45) is 0 Å². The van der Waals surface area contributed by atoms with Gasteiger partial charge in [0.05, 0.1) is 7.11 Å². The third-order valence-corrected chi connectivity index (χ3v) is 5.06. The van der Waals surface area contributed by atoms with Gasteiger partial charge in [-0.15, -0.1) is 6.58 Å². The Morgan fingerprint density at radius 2 is 2.20 bits per heavy atom. The lowest BCUT2D eigenvalue weighted by atomic mass is 10.2. The smallest absolute Gasteiger partial charge is 0.244 e. The van der Waals surface area contributed by atoms with Crippen molar-refractivity contribution in [3.63, 3.8) is 0 Å². The maximum Gasteiger partial charge on any atom is 0.244 e. The normalized spacial score (nSPS) is 11.3. The lowest BCUT2D eigenvalue weighted by Crippen LogP contribution is -2.26. The Kier molecular flexibility index (Phi) is 6.38. The van der Waals surface area contributed by atoms with Crippen molar-refractivity contribution in [3.8, 4) is 5.75 Å². The fourth-order valence-corrected chi connectivity index (χ4v) is 3.46. The summed E-state index contributed by atoms with van der Waals surface area (Å²) in [5, 5.41) is 0. The Labute approximate surface area is 124 Å². The molecular weight excluding hydrogens is 296 g/mol. The van der Waals surface area contributed by atoms with Gasteiger partial charge in [0, 0.05) is 23.7 Å². The number of rotatable bonds is 8. The van der Waals surface area contributed by atoms with Crippen molar-refractivity contribution in [3.05, 3.63) is 30.4 Å². The molecule has 20 heavy (non-hydrogen) atoms. The first kappa shape index (κ1) is 16.9. The van der Waals surface area contributed by atoms with E-state index in [1.165, 1.54) is 13.2 Å². The molecule has 0 unspecified atom stereocenters. The Morgan fingerprint density at radius 3 is 2.80 bits per heavy atom. The van der Waals surface area contributed by atoms with Gasteiger partial charge < -0.3 is 10.5 Å². The number of thioether (sulfide) groups is 1. The average Bonchev–Trinajstić information content (AvgIpc) is 2.41. The molecule has 0 radical (unpaired) electrons. The van der Waals surface area contributed by atoms with E-state index >= 15 is 0 Å². The number of hydrogen-bond donors (Lipinski definition) is 2. The number of anilines is 1. The molecule has 1 aromatic carbocycles. The second-order valence-corrected chi connectivity index (χ2v) is 7.01. The summed E-state index contributed by atoms with van der Waals surface area (Å²) in [6.45, 7) is 5.75. The van der Waals surface area contributed by atoms with Crippen LogP contribution in [0.25, 0.3) is 0 Å². The molecule has 0 spiro atoms. The van der Waals surface area contributed by atoms with Gasteiger partial charge in [-0.2, -0.15) is 11.8 Å². The first-order valence-electron chi connectivity index (χ1n) is 6.04. The van der Waals surface area contributed by atoms with Crippen LogP contribution in [0.5, 0.6) is 5.75 Å². The van der Waals surface area contributed by atoms with Crippen LogP contribution in [-0.4, -0.2) is 33.6 Å². The SMILES string of the molecule is C=CCSCCNS(=O)(=O)c1cc(N)c(C)cc1OC. The van der Waals surface area contributed by atoms with Gasteiger partial charge in [0.15, 0.2) is 0 Å². The highest BCUT2D eigenvalue weighted by Crippen LogP contribution is 2.28. The third-order valence-electron chi connectivity index (χ3n) is 2.62. The second-order valence-electron chi connectivity index (χ2n) is 4.12. The van der Waals surface area contributed by atoms with Crippen molar-refractivity contribution >= 4 is 27.5 Å². The number of nitrogens with one attached hydrogen (secondary N) is 1. The summed E-state index contributed by atoms with van der Waals surface area (Å²) in [4.78, 5) is 0.0665. The van der Waals surface area contributed by atoms with E-state index in [4.69, 9.17) is 10.5 Å². The maximum atomic E-state index is 12.2. The van der Waals surface area contributed by atoms with Gasteiger partial charge >= 0.3 is 0 Å². The van der Waals surface area contributed by atoms with Gasteiger partial charge in [0.2, 0.25) is 10.0 Å². The zero-order valence-corrected chi connectivity index (χ0v) is 13.3. The lowest BCUT2D eigenvalue weighted by Gasteiger charge is -2.12. The van der Waals surface area contributed by atoms with Crippen molar-refractivity contribution in [2.75, 3.05) is 30.9 Å². The molecule has 5 nitrogen and oxygen atoms in total. The summed E-state index contributed by atoms with van der Waals surface area (Å²) < 4.78 is 32.1. The molecule has 0 bridgehead atoms. The first-order chi connectivity index (χ1) is 9.42. The van der Waals surface area contributed by atoms with Crippen LogP contribution in [0.3, 0.4) is 0 Å². The maximum absolute atomic E-state index is 12.2. The highest BCUT2D eigenvalue weighted by atomic mass is 32.2. The molecule has 3 N–H and O–H groups in total. The molecular formula is C13H20N2O3S2. The highest BCUT2D eigenvalue weighted by molar-refractivity contribution is 7.99. The third kappa shape index (κ3) is 4.43. The Bertz CT molecular complexity index is 571. The summed E-state index contributed by atoms with van der Waals surface area (Å²) in [6.07, 6.45) is 1.78. The average molecular weight is 316 g/mol. The van der Waals surface area contributed by atoms with Gasteiger partial charge in [0.25, 0.3) is 0 Å². The molecule has 0 saturated carbocycles. The minimum Gasteiger partial charge on any atom is -0.495 e. The predicted molar refractivity (Wildman–Crippen MR) is 84.9 cm³/mol. The van der Waals surface area contributed by atoms with Crippen LogP contribution in [-0.2, 0) is 10.0 Å². The predicted octanol–water partition coefficient (Wildman–Crippen LogP) is 1.78. The summed E-state index contributed by atoms with van der Waals surface area (Å²) in [7, 11) is -2.19. The van der Waals surface area contributed by atoms with Crippen LogP contribution in [0, 0.1) is 6.92 Å². The van der Waals surface area contributed by atoms with Crippen LogP contribution >= 0.6 is 11.8 Å². The van der Waals surface area contributed by atoms with E-state index in [1.807, 2.05) is 0 Å². The van der Waals surface area contributed by atoms with E-state index < -0.39 is 10.0 Å². The topological polar surface area (TPSA) is 81.4 Å². The standard InChI is InChI=1S/C13H20N2O3S2/c1-4-6-19-7-5-15-20(16,17)13-9-11(14)10(2)8-12(13)18-3/h4,8-9,15H,1,5-7,14H2,2-3H3. The van der Waals surface area contributed by atoms with E-state index in [-0.39, 0.29) is 4.90 Å². The molecule has 0 aliphatic rings. The lowest BCUT2D eigenvalue weighted by molar-refractivity contribution is 0.402. The number of aryl methyl sites for hydroxylation is 1. The molecule has 0 fully saturated rings. The molecule has 0 heterocycles. The molecule has 1 aromatic rings. The number of methoxy groups -OCH3 is 1. The summed E-state index contributed by atoms with van der Waals surface area (Å²) >= 11 is 1.60. The number of benzene rings is 1. The van der Waals surface area contributed by atoms with E-state index in [0.29, 0.717) is 23.7 Å². The number of nitrogen functional groups attached to an aromatic ring is 1. The van der Waals surface area contributed by atoms with Crippen LogP contribution in [0.2, 0.25) is 0 Å². The van der Waals surface area contributed by atoms with Crippen molar-refractivity contribution in [1.82, 2.24) is 4.72 Å². The molecule has 0 amide bonds. The molecule has 112 valence electrons. The Balaban J connectivity index is 2.86. The molecule has 0 aromatic heterocycles. The molecule has 0 saturated heterocycles. The second kappa shape index (κ2) is 7.56. The molecule has 1 rings (SSSR count). The highest BCUT2D eigenvalue weighted by Gasteiger charge is 2.20. The minimum atomic E-state index is -3.62. The fraction of sp³-hybridized carbons (Fsp3) is 0.385. The molecule has 7 heteroatoms. The van der Waals surface area contributed by atoms with E-state index in [1.54, 1.807) is 30.8 Å². The van der Waals surface area contributed by atoms with Gasteiger partial charge in [-0.25, -0.2) is 13.1 Å². The summed E-state index contributed by atoms with van der Waals surface area (Å²) in [5.41, 5.74) is 6.98. The first-order valence-corrected chi connectivity index (χ1v) is 8.68. The van der Waals surface area contributed by atoms with Crippen LogP contribution in [0.15, 0.2) is 29.7 Å². The van der Waals surface area contributed by atoms with Crippen LogP contribution in [0.1, 0.15) is 5.56 Å². The van der Waals surface area contributed by atoms with Gasteiger partial charge in [0.1, 0.15) is 10.6 Å². The molecule has 0 aliphatic heterocycles. The van der Waals surface area contributed by atoms with E-state index in [9.17, 15) is 8.42 Å². The van der Waals surface area contributed by atoms with Crippen LogP contribution < -0.4 is 15.2 Å². The largest absolute Gasteiger partial charge is 0.495 e. The number of hydrogen-bond acceptors (Lipinski definition) is 5. The van der Waals surface area contributed by atoms with Gasteiger partial charge in [-0.05, 0) is 24.6 Å². The number of ether oxygens (including phenoxy) is 1. The van der Waals surface area contributed by atoms with Crippen molar-refractivity contribution < 1.29 is 13.2 Å². The van der Waals surface area contributed by atoms with Crippen molar-refractivity contribution in [1.29, 1.82) is 0 Å². The zero-order chi connectivity index (χ0) is 15.2. The Hall–Kier alpha value is -1.18. The molecule has 0 atom stereocenters. The zero-order valence-electron chi connectivity index (χ0n) is 11.7. The van der Waals surface area contributed by atoms with Crippen LogP contribution in [0.4, 0.5) is 5.69 Å². The van der Waals surface area contributed by atoms with Gasteiger partial charge in [-0.3, -0.25) is 0 Å². The fourth-order valence-electron chi connectivity index (χ4n) is 1.54. The number of nitrogens with two attached hydrogens (primary N) is 1. The summed E-state index contributed by atoms with van der Waals surface area (Å²) in [5.74, 6) is 1.76. The quantitative estimate of drug-likeness (QED) is 0.434. The monoisotopic (exact) mass is 316 g/mol. The summed E-state index contributed by atoms with van der Waals surface area (Å²) in [6, 6.07) is 3.05. The van der Waals surface area contributed by atoms with Gasteiger partial charge in [-0.1, -0.05) is 6.08 Å². The van der Waals surface area contributed by atoms with Crippen molar-refractivity contribution in [2.45, 2.75) is 11.8 Å².